The molecule has 5 rings (SSSR count). The third-order valence-corrected chi connectivity index (χ3v) is 19.8. The highest BCUT2D eigenvalue weighted by molar-refractivity contribution is 5.96. The number of carbonyl (C=O) groups is 16. The summed E-state index contributed by atoms with van der Waals surface area (Å²) in [4.78, 5) is 185. The van der Waals surface area contributed by atoms with E-state index in [1.54, 1.807) is 139 Å². The number of amides is 4. The van der Waals surface area contributed by atoms with E-state index in [1.165, 1.54) is 0 Å². The Morgan fingerprint density at radius 1 is 0.324 bits per heavy atom. The number of primary amides is 2. The molecule has 0 aliphatic heterocycles. The van der Waals surface area contributed by atoms with Crippen molar-refractivity contribution in [3.8, 4) is 11.5 Å². The third-order valence-electron chi connectivity index (χ3n) is 19.8. The summed E-state index contributed by atoms with van der Waals surface area (Å²) in [6.07, 6.45) is 9.39. The molecule has 8 N–H and O–H groups in total. The second-order valence-electron chi connectivity index (χ2n) is 31.8. The molecule has 0 fully saturated rings. The molecule has 0 aromatic heterocycles. The summed E-state index contributed by atoms with van der Waals surface area (Å²) in [5, 5.41) is 44.5. The van der Waals surface area contributed by atoms with E-state index >= 15 is 0 Å². The number of nitrogens with two attached hydrogens (primary N) is 2. The van der Waals surface area contributed by atoms with E-state index in [4.69, 9.17) is 56.8 Å². The van der Waals surface area contributed by atoms with Gasteiger partial charge in [-0.3, -0.25) is 33.6 Å². The lowest BCUT2D eigenvalue weighted by Crippen LogP contribution is -2.48. The van der Waals surface area contributed by atoms with Crippen molar-refractivity contribution in [1.82, 2.24) is 0 Å². The van der Waals surface area contributed by atoms with Crippen molar-refractivity contribution in [2.24, 2.45) is 33.5 Å². The Balaban J connectivity index is 0. The van der Waals surface area contributed by atoms with E-state index in [2.05, 4.69) is 77.4 Å². The third kappa shape index (κ3) is 59.3. The van der Waals surface area contributed by atoms with Gasteiger partial charge in [-0.1, -0.05) is 197 Å². The molecule has 4 amide bonds. The molecule has 0 saturated carbocycles. The molecular weight excluding hydrogens is 1850 g/mol. The minimum absolute atomic E-state index is 0.00645. The number of urea groups is 2. The molecule has 39 nitrogen and oxygen atoms in total. The number of hydrogen-bond acceptors (Lipinski definition) is 35. The summed E-state index contributed by atoms with van der Waals surface area (Å²) in [7, 11) is 0. The maximum absolute atomic E-state index is 12.4. The van der Waals surface area contributed by atoms with Gasteiger partial charge in [-0.2, -0.15) is 0 Å². The van der Waals surface area contributed by atoms with Crippen LogP contribution in [0.4, 0.5) is 9.59 Å². The molecule has 0 radical (unpaired) electrons. The molecule has 792 valence electrons. The minimum atomic E-state index is -2.26. The number of esters is 14. The van der Waals surface area contributed by atoms with Crippen molar-refractivity contribution in [3.05, 3.63) is 167 Å². The number of carbonyl (C=O) groups excluding carboxylic acids is 16. The molecular formula is C103H150N4O35. The Labute approximate surface area is 832 Å². The maximum Gasteiger partial charge on any atom is 0.357 e. The van der Waals surface area contributed by atoms with Gasteiger partial charge in [-0.25, -0.2) is 43.2 Å². The smallest absolute Gasteiger partial charge is 0.357 e. The van der Waals surface area contributed by atoms with Crippen LogP contribution in [0.2, 0.25) is 0 Å². The molecule has 0 bridgehead atoms. The molecule has 0 aliphatic carbocycles. The highest BCUT2D eigenvalue weighted by Gasteiger charge is 2.49. The second kappa shape index (κ2) is 77.4. The molecule has 0 aliphatic rings. The fraction of sp³-hybridized carbons (Fsp3) is 0.553. The van der Waals surface area contributed by atoms with Gasteiger partial charge >= 0.3 is 95.6 Å². The summed E-state index contributed by atoms with van der Waals surface area (Å²) in [5.41, 5.74) is 6.18. The lowest BCUT2D eigenvalue weighted by Gasteiger charge is -2.28. The van der Waals surface area contributed by atoms with Crippen LogP contribution in [0.3, 0.4) is 0 Å². The van der Waals surface area contributed by atoms with Crippen LogP contribution in [0.25, 0.3) is 0 Å². The van der Waals surface area contributed by atoms with Crippen LogP contribution >= 0.6 is 0 Å². The first kappa shape index (κ1) is 131. The van der Waals surface area contributed by atoms with E-state index in [0.717, 1.165) is 88.7 Å². The number of azo groups is 1. The number of nitrogens with zero attached hydrogens (tertiary/aromatic N) is 2. The van der Waals surface area contributed by atoms with Crippen LogP contribution in [0.15, 0.2) is 144 Å². The molecule has 2 atom stereocenters. The van der Waals surface area contributed by atoms with E-state index < -0.39 is 127 Å². The Morgan fingerprint density at radius 2 is 0.620 bits per heavy atom. The Kier molecular flexibility index (Phi) is 71.3. The van der Waals surface area contributed by atoms with Gasteiger partial charge in [0, 0.05) is 12.3 Å². The first-order valence-corrected chi connectivity index (χ1v) is 47.7. The van der Waals surface area contributed by atoms with Crippen LogP contribution in [-0.4, -0.2) is 232 Å². The standard InChI is InChI=1S/C24H38O4.C18H32O7.C18H18O5.C15H16O2.C14H22O8.C12H20O7.C2H4N4O2/c1-5-9-12-19(7-3)17-27-23(25)21-14-11-15-22(16-21)24(26)28-18-20(8-4)13-10-6-2;1-4-7-10-23-15(19)13-18(22,17(21)25-12-9-6-3)14-16(20)24-11-8-5-2;19-17(15-7-3-1-4-8-15)22-13-11-21-12-14-23-18(20)16-9-5-2-6-10-16;1-15(2,11-3-7-13(16)8-4-11)12-5-9-14(17)10-6-12;1-5-19-11(16)8-14(22-10(4)15,13(18)21-7-3)9-12(17)20-6-2;1-4-17-9(13)7-12(16,11(15)19-6-3)8-10(14)18-5-2;3-1(7)5-6-2(4)8/h11,14-16,19-20H,5-10,12-13,17-18H2,1-4H3;22H,4-14H2,1-3H3;1-10H,11-14H2;3-10,16-17H,1-2H3;5-9H2,1-4H3;16H,4-8H2,1-3H3;(H2,3,7)(H2,4,8). The first-order chi connectivity index (χ1) is 67.5. The van der Waals surface area contributed by atoms with Crippen molar-refractivity contribution in [2.45, 2.75) is 261 Å². The number of phenols is 2. The zero-order valence-corrected chi connectivity index (χ0v) is 85.1. The number of aliphatic hydroxyl groups is 2. The van der Waals surface area contributed by atoms with Crippen molar-refractivity contribution in [1.29, 1.82) is 0 Å². The molecule has 5 aromatic carbocycles. The highest BCUT2D eigenvalue weighted by atomic mass is 16.6. The number of rotatable bonds is 55. The van der Waals surface area contributed by atoms with Crippen LogP contribution in [0.1, 0.15) is 292 Å². The van der Waals surface area contributed by atoms with Crippen LogP contribution in [0.5, 0.6) is 11.5 Å². The Morgan fingerprint density at radius 3 is 0.930 bits per heavy atom. The molecule has 0 heterocycles. The predicted molar refractivity (Wildman–Crippen MR) is 520 cm³/mol. The van der Waals surface area contributed by atoms with Gasteiger partial charge in [-0.05, 0) is 163 Å². The molecule has 5 aromatic rings. The summed E-state index contributed by atoms with van der Waals surface area (Å²) in [5.74, 6) is -8.71. The summed E-state index contributed by atoms with van der Waals surface area (Å²) < 4.78 is 74.5. The Bertz CT molecular complexity index is 4310. The van der Waals surface area contributed by atoms with Gasteiger partial charge < -0.3 is 103 Å². The number of ether oxygens (including phenoxy) is 15. The van der Waals surface area contributed by atoms with Gasteiger partial charge in [0.25, 0.3) is 0 Å². The van der Waals surface area contributed by atoms with E-state index in [-0.39, 0.29) is 127 Å². The number of hydrogen-bond donors (Lipinski definition) is 6. The van der Waals surface area contributed by atoms with E-state index in [9.17, 15) is 97.1 Å². The summed E-state index contributed by atoms with van der Waals surface area (Å²) >= 11 is 0. The molecule has 39 heteroatoms. The van der Waals surface area contributed by atoms with Crippen LogP contribution in [-0.2, 0) is 124 Å². The van der Waals surface area contributed by atoms with Crippen molar-refractivity contribution in [3.63, 3.8) is 0 Å². The fourth-order valence-corrected chi connectivity index (χ4v) is 12.0. The van der Waals surface area contributed by atoms with Gasteiger partial charge in [-0.15, -0.1) is 0 Å². The lowest BCUT2D eigenvalue weighted by molar-refractivity contribution is -0.190. The van der Waals surface area contributed by atoms with Gasteiger partial charge in [0.05, 0.1) is 147 Å². The average molecular weight is 2000 g/mol. The lowest BCUT2D eigenvalue weighted by atomic mass is 9.78. The summed E-state index contributed by atoms with van der Waals surface area (Å²) in [6, 6.07) is 36.5. The quantitative estimate of drug-likeness (QED) is 0.00911. The number of aromatic hydroxyl groups is 2. The predicted octanol–water partition coefficient (Wildman–Crippen LogP) is 15.6. The molecule has 142 heavy (non-hydrogen) atoms. The largest absolute Gasteiger partial charge is 0.508 e. The van der Waals surface area contributed by atoms with Crippen LogP contribution < -0.4 is 11.5 Å². The van der Waals surface area contributed by atoms with Crippen molar-refractivity contribution in [2.75, 3.05) is 99.1 Å². The van der Waals surface area contributed by atoms with E-state index in [0.29, 0.717) is 66.6 Å². The second-order valence-corrected chi connectivity index (χ2v) is 31.8. The molecule has 0 spiro atoms. The topological polar surface area (TPSA) is 569 Å². The SMILES string of the molecule is CC(C)(c1ccc(O)cc1)c1ccc(O)cc1.CCCCC(CC)COC(=O)c1cccc(C(=O)OCC(CC)CCCC)c1.CCCCOC(=O)CC(O)(CC(=O)OCCCC)C(=O)OCCCC.CCOC(=O)CC(CC(=O)OCC)(OC(C)=O)C(=O)OCC.CCOC(=O)CC(O)(CC(=O)OCC)C(=O)OCC.NC(=O)N=NC(N)=O.O=C(OCCOCCOC(=O)c1ccccc1)c1ccccc1. The average Bonchev–Trinajstić information content (AvgIpc) is 0.800. The monoisotopic (exact) mass is 2000 g/mol. The minimum Gasteiger partial charge on any atom is -0.508 e. The van der Waals surface area contributed by atoms with E-state index in [1.807, 2.05) is 57.2 Å². The number of benzene rings is 5. The first-order valence-electron chi connectivity index (χ1n) is 47.7. The van der Waals surface area contributed by atoms with Gasteiger partial charge in [0.15, 0.2) is 11.2 Å². The van der Waals surface area contributed by atoms with Crippen LogP contribution in [0, 0.1) is 11.8 Å². The van der Waals surface area contributed by atoms with Crippen molar-refractivity contribution < 1.29 is 168 Å². The fourth-order valence-electron chi connectivity index (χ4n) is 12.0. The zero-order valence-electron chi connectivity index (χ0n) is 85.1. The van der Waals surface area contributed by atoms with Gasteiger partial charge in [0.2, 0.25) is 5.60 Å². The maximum atomic E-state index is 12.4. The molecule has 2 unspecified atom stereocenters. The summed E-state index contributed by atoms with van der Waals surface area (Å²) in [6.45, 7) is 31.7. The van der Waals surface area contributed by atoms with Crippen molar-refractivity contribution >= 4 is 95.6 Å². The van der Waals surface area contributed by atoms with Gasteiger partial charge in [0.1, 0.15) is 24.7 Å². The zero-order chi connectivity index (χ0) is 107. The highest BCUT2D eigenvalue weighted by Crippen LogP contribution is 2.34. The number of phenolic OH excluding ortho intramolecular Hbond substituents is 2. The molecule has 0 saturated heterocycles. The number of unbranched alkanes of at least 4 members (excludes halogenated alkanes) is 5. The Hall–Kier alpha value is -13.3. The normalized spacial score (nSPS) is 11.1.